The molecule has 5 nitrogen and oxygen atoms in total. The van der Waals surface area contributed by atoms with Crippen LogP contribution in [0.15, 0.2) is 18.2 Å². The molecule has 0 bridgehead atoms. The summed E-state index contributed by atoms with van der Waals surface area (Å²) in [6, 6.07) is 2.85. The monoisotopic (exact) mass is 212 g/mol. The standard InChI is InChI=1S/C9H9FN2O3/c1-11-9(15)12-7-5(8(13)14)3-2-4-6(7)10/h2-4H,1H3,(H,13,14)(H2,11,12,15). The Morgan fingerprint density at radius 2 is 2.07 bits per heavy atom. The van der Waals surface area contributed by atoms with Crippen molar-refractivity contribution in [2.45, 2.75) is 0 Å². The Bertz CT molecular complexity index is 406. The van der Waals surface area contributed by atoms with Gasteiger partial charge in [0, 0.05) is 7.05 Å². The van der Waals surface area contributed by atoms with Gasteiger partial charge in [-0.3, -0.25) is 0 Å². The minimum atomic E-state index is -1.30. The van der Waals surface area contributed by atoms with Crippen molar-refractivity contribution in [3.63, 3.8) is 0 Å². The van der Waals surface area contributed by atoms with Gasteiger partial charge < -0.3 is 15.7 Å². The van der Waals surface area contributed by atoms with Gasteiger partial charge in [-0.05, 0) is 12.1 Å². The van der Waals surface area contributed by atoms with Crippen LogP contribution in [0.25, 0.3) is 0 Å². The molecule has 0 unspecified atom stereocenters. The first-order valence-corrected chi connectivity index (χ1v) is 4.06. The Labute approximate surface area is 84.9 Å². The summed E-state index contributed by atoms with van der Waals surface area (Å²) in [5.41, 5.74) is -0.636. The van der Waals surface area contributed by atoms with Gasteiger partial charge >= 0.3 is 12.0 Å². The molecule has 1 rings (SSSR count). The molecule has 0 heterocycles. The lowest BCUT2D eigenvalue weighted by atomic mass is 10.1. The van der Waals surface area contributed by atoms with E-state index in [2.05, 4.69) is 10.6 Å². The van der Waals surface area contributed by atoms with Gasteiger partial charge in [0.05, 0.1) is 11.3 Å². The highest BCUT2D eigenvalue weighted by Gasteiger charge is 2.15. The second-order valence-electron chi connectivity index (χ2n) is 2.67. The number of aromatic carboxylic acids is 1. The molecule has 0 saturated heterocycles. The number of hydrogen-bond donors (Lipinski definition) is 3. The number of benzene rings is 1. The highest BCUT2D eigenvalue weighted by atomic mass is 19.1. The molecule has 80 valence electrons. The van der Waals surface area contributed by atoms with Gasteiger partial charge in [-0.2, -0.15) is 0 Å². The number of nitrogens with one attached hydrogen (secondary N) is 2. The number of anilines is 1. The van der Waals surface area contributed by atoms with Crippen molar-refractivity contribution in [1.82, 2.24) is 5.32 Å². The van der Waals surface area contributed by atoms with Crippen LogP contribution in [0.5, 0.6) is 0 Å². The van der Waals surface area contributed by atoms with E-state index >= 15 is 0 Å². The number of rotatable bonds is 2. The molecule has 0 aromatic heterocycles. The van der Waals surface area contributed by atoms with Crippen molar-refractivity contribution >= 4 is 17.7 Å². The topological polar surface area (TPSA) is 78.4 Å². The van der Waals surface area contributed by atoms with Crippen molar-refractivity contribution in [2.75, 3.05) is 12.4 Å². The minimum absolute atomic E-state index is 0.293. The van der Waals surface area contributed by atoms with E-state index in [-0.39, 0.29) is 11.3 Å². The summed E-state index contributed by atoms with van der Waals surface area (Å²) >= 11 is 0. The zero-order valence-electron chi connectivity index (χ0n) is 7.87. The van der Waals surface area contributed by atoms with Crippen LogP contribution < -0.4 is 10.6 Å². The first-order chi connectivity index (χ1) is 7.06. The zero-order chi connectivity index (χ0) is 11.4. The smallest absolute Gasteiger partial charge is 0.337 e. The molecular weight excluding hydrogens is 203 g/mol. The maximum atomic E-state index is 13.2. The molecule has 0 saturated carbocycles. The predicted molar refractivity (Wildman–Crippen MR) is 51.4 cm³/mol. The summed E-state index contributed by atoms with van der Waals surface area (Å²) < 4.78 is 13.2. The van der Waals surface area contributed by atoms with E-state index in [0.29, 0.717) is 0 Å². The van der Waals surface area contributed by atoms with Gasteiger partial charge in [0.15, 0.2) is 0 Å². The van der Waals surface area contributed by atoms with Crippen LogP contribution in [-0.4, -0.2) is 24.2 Å². The average Bonchev–Trinajstić information content (AvgIpc) is 2.20. The fourth-order valence-corrected chi connectivity index (χ4v) is 1.01. The molecule has 0 aliphatic heterocycles. The van der Waals surface area contributed by atoms with Gasteiger partial charge in [-0.25, -0.2) is 14.0 Å². The van der Waals surface area contributed by atoms with Crippen molar-refractivity contribution in [2.24, 2.45) is 0 Å². The van der Waals surface area contributed by atoms with Crippen LogP contribution in [0.4, 0.5) is 14.9 Å². The summed E-state index contributed by atoms with van der Waals surface area (Å²) in [4.78, 5) is 21.6. The maximum absolute atomic E-state index is 13.2. The first kappa shape index (κ1) is 11.0. The summed E-state index contributed by atoms with van der Waals surface area (Å²) in [7, 11) is 1.34. The van der Waals surface area contributed by atoms with Gasteiger partial charge in [0.25, 0.3) is 0 Å². The number of hydrogen-bond acceptors (Lipinski definition) is 2. The molecular formula is C9H9FN2O3. The molecule has 0 atom stereocenters. The lowest BCUT2D eigenvalue weighted by Gasteiger charge is -2.08. The lowest BCUT2D eigenvalue weighted by Crippen LogP contribution is -2.26. The number of carbonyl (C=O) groups is 2. The van der Waals surface area contributed by atoms with Crippen LogP contribution in [0.3, 0.4) is 0 Å². The molecule has 0 spiro atoms. The Kier molecular flexibility index (Phi) is 3.22. The Balaban J connectivity index is 3.13. The first-order valence-electron chi connectivity index (χ1n) is 4.06. The van der Waals surface area contributed by atoms with Crippen molar-refractivity contribution in [1.29, 1.82) is 0 Å². The normalized spacial score (nSPS) is 9.47. The van der Waals surface area contributed by atoms with Crippen molar-refractivity contribution in [3.8, 4) is 0 Å². The largest absolute Gasteiger partial charge is 0.478 e. The maximum Gasteiger partial charge on any atom is 0.337 e. The summed E-state index contributed by atoms with van der Waals surface area (Å²) in [6.45, 7) is 0. The van der Waals surface area contributed by atoms with Crippen LogP contribution in [-0.2, 0) is 0 Å². The molecule has 0 aliphatic carbocycles. The summed E-state index contributed by atoms with van der Waals surface area (Å²) in [5.74, 6) is -2.10. The Morgan fingerprint density at radius 3 is 2.60 bits per heavy atom. The predicted octanol–water partition coefficient (Wildman–Crippen LogP) is 1.28. The third-order valence-corrected chi connectivity index (χ3v) is 1.71. The summed E-state index contributed by atoms with van der Waals surface area (Å²) in [6.07, 6.45) is 0. The summed E-state index contributed by atoms with van der Waals surface area (Å²) in [5, 5.41) is 13.0. The van der Waals surface area contributed by atoms with Crippen molar-refractivity contribution in [3.05, 3.63) is 29.6 Å². The third-order valence-electron chi connectivity index (χ3n) is 1.71. The van der Waals surface area contributed by atoms with E-state index < -0.39 is 17.8 Å². The van der Waals surface area contributed by atoms with Gasteiger partial charge in [-0.15, -0.1) is 0 Å². The van der Waals surface area contributed by atoms with E-state index in [9.17, 15) is 14.0 Å². The fourth-order valence-electron chi connectivity index (χ4n) is 1.01. The Hall–Kier alpha value is -2.11. The quantitative estimate of drug-likeness (QED) is 0.690. The minimum Gasteiger partial charge on any atom is -0.478 e. The number of carboxylic acids is 1. The molecule has 1 aromatic carbocycles. The molecule has 2 amide bonds. The van der Waals surface area contributed by atoms with Crippen LogP contribution in [0.2, 0.25) is 0 Å². The van der Waals surface area contributed by atoms with E-state index in [4.69, 9.17) is 5.11 Å². The molecule has 6 heteroatoms. The van der Waals surface area contributed by atoms with E-state index in [1.54, 1.807) is 0 Å². The second-order valence-corrected chi connectivity index (χ2v) is 2.67. The Morgan fingerprint density at radius 1 is 1.40 bits per heavy atom. The highest BCUT2D eigenvalue weighted by Crippen LogP contribution is 2.19. The number of para-hydroxylation sites is 1. The molecule has 3 N–H and O–H groups in total. The van der Waals surface area contributed by atoms with Crippen molar-refractivity contribution < 1.29 is 19.1 Å². The van der Waals surface area contributed by atoms with E-state index in [1.807, 2.05) is 0 Å². The van der Waals surface area contributed by atoms with Gasteiger partial charge in [0.1, 0.15) is 5.82 Å². The van der Waals surface area contributed by atoms with E-state index in [1.165, 1.54) is 19.2 Å². The fraction of sp³-hybridized carbons (Fsp3) is 0.111. The zero-order valence-corrected chi connectivity index (χ0v) is 7.87. The molecule has 0 radical (unpaired) electrons. The van der Waals surface area contributed by atoms with E-state index in [0.717, 1.165) is 6.07 Å². The molecule has 1 aromatic rings. The third kappa shape index (κ3) is 2.43. The highest BCUT2D eigenvalue weighted by molar-refractivity contribution is 6.00. The number of urea groups is 1. The molecule has 15 heavy (non-hydrogen) atoms. The number of carbonyl (C=O) groups excluding carboxylic acids is 1. The van der Waals surface area contributed by atoms with Crippen LogP contribution in [0, 0.1) is 5.82 Å². The van der Waals surface area contributed by atoms with Crippen LogP contribution in [0.1, 0.15) is 10.4 Å². The second kappa shape index (κ2) is 4.41. The average molecular weight is 212 g/mol. The number of halogens is 1. The number of amides is 2. The molecule has 0 aliphatic rings. The van der Waals surface area contributed by atoms with Gasteiger partial charge in [0.2, 0.25) is 0 Å². The SMILES string of the molecule is CNC(=O)Nc1c(F)cccc1C(=O)O. The number of carboxylic acid groups (broad SMARTS) is 1. The molecule has 0 fully saturated rings. The van der Waals surface area contributed by atoms with Crippen LogP contribution >= 0.6 is 0 Å². The lowest BCUT2D eigenvalue weighted by molar-refractivity contribution is 0.0697. The van der Waals surface area contributed by atoms with Gasteiger partial charge in [-0.1, -0.05) is 6.07 Å².